The Morgan fingerprint density at radius 3 is 2.35 bits per heavy atom. The van der Waals surface area contributed by atoms with Gasteiger partial charge in [-0.05, 0) is 63.3 Å². The molecule has 1 saturated heterocycles. The van der Waals surface area contributed by atoms with Gasteiger partial charge in [0.05, 0.1) is 6.10 Å². The first-order valence-electron chi connectivity index (χ1n) is 6.26. The minimum absolute atomic E-state index is 0.148. The van der Waals surface area contributed by atoms with E-state index in [9.17, 15) is 4.79 Å². The molecule has 0 N–H and O–H groups in total. The second-order valence-electron chi connectivity index (χ2n) is 5.13. The molecule has 1 aliphatic heterocycles. The molecule has 2 atom stereocenters. The van der Waals surface area contributed by atoms with Gasteiger partial charge in [0.1, 0.15) is 6.10 Å². The topological polar surface area (TPSA) is 26.3 Å². The predicted octanol–water partition coefficient (Wildman–Crippen LogP) is 3.36. The fraction of sp³-hybridized carbons (Fsp3) is 0.533. The Bertz CT molecular complexity index is 448. The lowest BCUT2D eigenvalue weighted by Crippen LogP contribution is -2.21. The Hall–Kier alpha value is -1.15. The van der Waals surface area contributed by atoms with Crippen molar-refractivity contribution in [3.8, 4) is 0 Å². The van der Waals surface area contributed by atoms with Crippen LogP contribution >= 0.6 is 0 Å². The fourth-order valence-electron chi connectivity index (χ4n) is 2.39. The first kappa shape index (κ1) is 12.3. The van der Waals surface area contributed by atoms with E-state index in [1.54, 1.807) is 0 Å². The Labute approximate surface area is 103 Å². The summed E-state index contributed by atoms with van der Waals surface area (Å²) in [4.78, 5) is 12.4. The number of carbonyl (C=O) groups excluding carboxylic acids is 1. The normalized spacial score (nSPS) is 24.0. The van der Waals surface area contributed by atoms with E-state index in [1.807, 2.05) is 26.8 Å². The van der Waals surface area contributed by atoms with Crippen LogP contribution in [-0.2, 0) is 4.74 Å². The monoisotopic (exact) mass is 232 g/mol. The van der Waals surface area contributed by atoms with Crippen molar-refractivity contribution < 1.29 is 9.53 Å². The lowest BCUT2D eigenvalue weighted by atomic mass is 9.95. The Morgan fingerprint density at radius 2 is 1.76 bits per heavy atom. The molecule has 1 heterocycles. The molecule has 2 nitrogen and oxygen atoms in total. The third-order valence-corrected chi connectivity index (χ3v) is 3.63. The van der Waals surface area contributed by atoms with Crippen LogP contribution in [0.25, 0.3) is 0 Å². The molecule has 1 fully saturated rings. The first-order chi connectivity index (χ1) is 7.99. The number of benzene rings is 1. The van der Waals surface area contributed by atoms with E-state index < -0.39 is 0 Å². The van der Waals surface area contributed by atoms with Gasteiger partial charge in [0.2, 0.25) is 0 Å². The largest absolute Gasteiger partial charge is 0.367 e. The standard InChI is InChI=1S/C15H20O2/c1-9-7-11(3)13(8-10(9)2)15(16)14-6-5-12(4)17-14/h7-8,12,14H,5-6H2,1-4H3. The fourth-order valence-corrected chi connectivity index (χ4v) is 2.39. The maximum atomic E-state index is 12.4. The quantitative estimate of drug-likeness (QED) is 0.731. The summed E-state index contributed by atoms with van der Waals surface area (Å²) in [6, 6.07) is 4.08. The van der Waals surface area contributed by atoms with Gasteiger partial charge in [0.15, 0.2) is 5.78 Å². The molecule has 0 saturated carbocycles. The molecule has 0 aromatic heterocycles. The highest BCUT2D eigenvalue weighted by atomic mass is 16.5. The summed E-state index contributed by atoms with van der Waals surface area (Å²) in [7, 11) is 0. The van der Waals surface area contributed by atoms with Crippen LogP contribution in [-0.4, -0.2) is 18.0 Å². The summed E-state index contributed by atoms with van der Waals surface area (Å²) < 4.78 is 5.65. The molecule has 0 radical (unpaired) electrons. The summed E-state index contributed by atoms with van der Waals surface area (Å²) in [5.74, 6) is 0.148. The molecule has 1 aromatic rings. The molecule has 17 heavy (non-hydrogen) atoms. The zero-order valence-electron chi connectivity index (χ0n) is 11.0. The minimum atomic E-state index is -0.231. The van der Waals surface area contributed by atoms with Gasteiger partial charge in [-0.2, -0.15) is 0 Å². The van der Waals surface area contributed by atoms with Crippen molar-refractivity contribution in [3.63, 3.8) is 0 Å². The zero-order valence-corrected chi connectivity index (χ0v) is 11.0. The zero-order chi connectivity index (χ0) is 12.6. The molecule has 0 amide bonds. The molecule has 1 aliphatic rings. The van der Waals surface area contributed by atoms with Crippen molar-refractivity contribution >= 4 is 5.78 Å². The SMILES string of the molecule is Cc1cc(C)c(C(=O)C2CCC(C)O2)cc1C. The highest BCUT2D eigenvalue weighted by Crippen LogP contribution is 2.25. The maximum absolute atomic E-state index is 12.4. The highest BCUT2D eigenvalue weighted by molar-refractivity contribution is 6.01. The molecular formula is C15H20O2. The second-order valence-corrected chi connectivity index (χ2v) is 5.13. The van der Waals surface area contributed by atoms with Gasteiger partial charge in [-0.1, -0.05) is 6.07 Å². The van der Waals surface area contributed by atoms with Crippen LogP contribution in [0, 0.1) is 20.8 Å². The Morgan fingerprint density at radius 1 is 1.12 bits per heavy atom. The number of Topliss-reactive ketones (excluding diaryl/α,β-unsaturated/α-hetero) is 1. The van der Waals surface area contributed by atoms with Crippen molar-refractivity contribution in [2.75, 3.05) is 0 Å². The van der Waals surface area contributed by atoms with E-state index in [-0.39, 0.29) is 18.0 Å². The van der Waals surface area contributed by atoms with Crippen molar-refractivity contribution in [1.29, 1.82) is 0 Å². The van der Waals surface area contributed by atoms with Gasteiger partial charge in [-0.15, -0.1) is 0 Å². The van der Waals surface area contributed by atoms with E-state index >= 15 is 0 Å². The first-order valence-corrected chi connectivity index (χ1v) is 6.26. The highest BCUT2D eigenvalue weighted by Gasteiger charge is 2.29. The molecule has 92 valence electrons. The van der Waals surface area contributed by atoms with Crippen LogP contribution in [0.15, 0.2) is 12.1 Å². The summed E-state index contributed by atoms with van der Waals surface area (Å²) in [5.41, 5.74) is 4.29. The van der Waals surface area contributed by atoms with Gasteiger partial charge < -0.3 is 4.74 Å². The smallest absolute Gasteiger partial charge is 0.191 e. The predicted molar refractivity (Wildman–Crippen MR) is 68.6 cm³/mol. The second kappa shape index (κ2) is 4.61. The maximum Gasteiger partial charge on any atom is 0.191 e. The van der Waals surface area contributed by atoms with Crippen molar-refractivity contribution in [2.45, 2.75) is 52.7 Å². The van der Waals surface area contributed by atoms with Crippen LogP contribution in [0.1, 0.15) is 46.8 Å². The summed E-state index contributed by atoms with van der Waals surface area (Å²) in [6.07, 6.45) is 1.83. The van der Waals surface area contributed by atoms with E-state index in [2.05, 4.69) is 13.0 Å². The van der Waals surface area contributed by atoms with Gasteiger partial charge in [-0.25, -0.2) is 0 Å². The van der Waals surface area contributed by atoms with E-state index in [4.69, 9.17) is 4.74 Å². The summed E-state index contributed by atoms with van der Waals surface area (Å²) in [5, 5.41) is 0. The lowest BCUT2D eigenvalue weighted by Gasteiger charge is -2.13. The average Bonchev–Trinajstić information content (AvgIpc) is 2.69. The molecule has 1 aromatic carbocycles. The number of hydrogen-bond donors (Lipinski definition) is 0. The molecule has 0 spiro atoms. The van der Waals surface area contributed by atoms with Gasteiger partial charge in [0.25, 0.3) is 0 Å². The van der Waals surface area contributed by atoms with Crippen LogP contribution in [0.5, 0.6) is 0 Å². The number of aryl methyl sites for hydroxylation is 3. The van der Waals surface area contributed by atoms with E-state index in [0.717, 1.165) is 24.0 Å². The van der Waals surface area contributed by atoms with Gasteiger partial charge in [0, 0.05) is 5.56 Å². The molecule has 0 aliphatic carbocycles. The van der Waals surface area contributed by atoms with Crippen molar-refractivity contribution in [1.82, 2.24) is 0 Å². The summed E-state index contributed by atoms with van der Waals surface area (Å²) >= 11 is 0. The van der Waals surface area contributed by atoms with E-state index in [0.29, 0.717) is 0 Å². The number of hydrogen-bond acceptors (Lipinski definition) is 2. The average molecular weight is 232 g/mol. The van der Waals surface area contributed by atoms with E-state index in [1.165, 1.54) is 11.1 Å². The van der Waals surface area contributed by atoms with Gasteiger partial charge >= 0.3 is 0 Å². The van der Waals surface area contributed by atoms with Crippen LogP contribution < -0.4 is 0 Å². The Balaban J connectivity index is 2.28. The minimum Gasteiger partial charge on any atom is -0.367 e. The molecular weight excluding hydrogens is 212 g/mol. The number of ether oxygens (including phenoxy) is 1. The van der Waals surface area contributed by atoms with Crippen LogP contribution in [0.3, 0.4) is 0 Å². The van der Waals surface area contributed by atoms with Crippen molar-refractivity contribution in [3.05, 3.63) is 34.4 Å². The molecule has 0 bridgehead atoms. The molecule has 2 unspecified atom stereocenters. The van der Waals surface area contributed by atoms with Gasteiger partial charge in [-0.3, -0.25) is 4.79 Å². The van der Waals surface area contributed by atoms with Crippen LogP contribution in [0.2, 0.25) is 0 Å². The number of carbonyl (C=O) groups is 1. The third-order valence-electron chi connectivity index (χ3n) is 3.63. The lowest BCUT2D eigenvalue weighted by molar-refractivity contribution is 0.0433. The van der Waals surface area contributed by atoms with Crippen LogP contribution in [0.4, 0.5) is 0 Å². The number of rotatable bonds is 2. The Kier molecular flexibility index (Phi) is 3.34. The molecule has 2 rings (SSSR count). The third kappa shape index (κ3) is 2.42. The summed E-state index contributed by atoms with van der Waals surface area (Å²) in [6.45, 7) is 8.15. The molecule has 2 heteroatoms. The number of ketones is 1. The van der Waals surface area contributed by atoms with Crippen molar-refractivity contribution in [2.24, 2.45) is 0 Å².